The molecular formula is C20H23ClN4O3. The van der Waals surface area contributed by atoms with Crippen molar-refractivity contribution in [2.45, 2.75) is 44.8 Å². The summed E-state index contributed by atoms with van der Waals surface area (Å²) in [6.07, 6.45) is 6.39. The molecule has 2 aliphatic heterocycles. The molecule has 1 unspecified atom stereocenters. The predicted octanol–water partition coefficient (Wildman–Crippen LogP) is 2.98. The number of rotatable bonds is 5. The molecule has 0 bridgehead atoms. The van der Waals surface area contributed by atoms with Crippen molar-refractivity contribution in [2.24, 2.45) is 5.92 Å². The first-order chi connectivity index (χ1) is 13.6. The van der Waals surface area contributed by atoms with Crippen molar-refractivity contribution < 1.29 is 14.3 Å². The van der Waals surface area contributed by atoms with Crippen LogP contribution in [0.2, 0.25) is 5.02 Å². The molecule has 1 atom stereocenters. The number of amides is 1. The molecule has 1 amide bonds. The standard InChI is InChI=1S/C20H23ClN4O3/c21-15-3-4-18-16(10-15)17(26)11-19(28-18)14-5-8-24(9-6-14)20(27)2-1-7-25-13-22-12-23-25/h3-4,10,12-14,19H,1-2,5-9,11H2. The maximum atomic E-state index is 12.5. The van der Waals surface area contributed by atoms with Crippen LogP contribution in [0.25, 0.3) is 0 Å². The number of Topliss-reactive ketones (excluding diaryl/α,β-unsaturated/α-hetero) is 1. The zero-order valence-electron chi connectivity index (χ0n) is 15.6. The molecule has 1 aromatic carbocycles. The quantitative estimate of drug-likeness (QED) is 0.768. The fourth-order valence-corrected chi connectivity index (χ4v) is 4.17. The lowest BCUT2D eigenvalue weighted by molar-refractivity contribution is -0.133. The molecule has 1 fully saturated rings. The number of likely N-dealkylation sites (tertiary alicyclic amines) is 1. The topological polar surface area (TPSA) is 77.3 Å². The molecule has 1 saturated heterocycles. The number of ether oxygens (including phenoxy) is 1. The van der Waals surface area contributed by atoms with Gasteiger partial charge in [-0.1, -0.05) is 11.6 Å². The molecule has 0 radical (unpaired) electrons. The summed E-state index contributed by atoms with van der Waals surface area (Å²) in [7, 11) is 0. The number of nitrogens with zero attached hydrogens (tertiary/aromatic N) is 4. The number of fused-ring (bicyclic) bond motifs is 1. The Morgan fingerprint density at radius 3 is 2.86 bits per heavy atom. The summed E-state index contributed by atoms with van der Waals surface area (Å²) in [5.74, 6) is 1.17. The maximum absolute atomic E-state index is 12.5. The Morgan fingerprint density at radius 1 is 1.29 bits per heavy atom. The first-order valence-corrected chi connectivity index (χ1v) is 10.1. The van der Waals surface area contributed by atoms with E-state index in [1.54, 1.807) is 29.2 Å². The molecule has 0 saturated carbocycles. The normalized spacial score (nSPS) is 20.0. The Hall–Kier alpha value is -2.41. The second-order valence-corrected chi connectivity index (χ2v) is 7.84. The number of halogens is 1. The number of aryl methyl sites for hydroxylation is 1. The Labute approximate surface area is 168 Å². The molecule has 0 spiro atoms. The van der Waals surface area contributed by atoms with Gasteiger partial charge >= 0.3 is 0 Å². The Balaban J connectivity index is 1.26. The van der Waals surface area contributed by atoms with Crippen LogP contribution in [0.3, 0.4) is 0 Å². The van der Waals surface area contributed by atoms with Crippen molar-refractivity contribution >= 4 is 23.3 Å². The Kier molecular flexibility index (Phi) is 5.62. The fourth-order valence-electron chi connectivity index (χ4n) is 4.00. The lowest BCUT2D eigenvalue weighted by Crippen LogP contribution is -2.44. The highest BCUT2D eigenvalue weighted by molar-refractivity contribution is 6.31. The third-order valence-corrected chi connectivity index (χ3v) is 5.80. The van der Waals surface area contributed by atoms with E-state index < -0.39 is 0 Å². The summed E-state index contributed by atoms with van der Waals surface area (Å²) in [4.78, 5) is 30.7. The van der Waals surface area contributed by atoms with E-state index in [2.05, 4.69) is 10.1 Å². The van der Waals surface area contributed by atoms with E-state index in [0.717, 1.165) is 19.3 Å². The molecule has 2 aromatic rings. The minimum atomic E-state index is -0.120. The van der Waals surface area contributed by atoms with Gasteiger partial charge in [0.2, 0.25) is 5.91 Å². The minimum Gasteiger partial charge on any atom is -0.489 e. The van der Waals surface area contributed by atoms with Gasteiger partial charge < -0.3 is 9.64 Å². The van der Waals surface area contributed by atoms with Crippen molar-refractivity contribution in [3.8, 4) is 5.75 Å². The Morgan fingerprint density at radius 2 is 2.11 bits per heavy atom. The first-order valence-electron chi connectivity index (χ1n) is 9.70. The van der Waals surface area contributed by atoms with Crippen LogP contribution in [-0.2, 0) is 11.3 Å². The summed E-state index contributed by atoms with van der Waals surface area (Å²) in [6, 6.07) is 5.20. The van der Waals surface area contributed by atoms with Gasteiger partial charge in [0.15, 0.2) is 5.78 Å². The molecule has 148 valence electrons. The molecule has 4 rings (SSSR count). The van der Waals surface area contributed by atoms with Crippen LogP contribution in [0, 0.1) is 5.92 Å². The van der Waals surface area contributed by atoms with Crippen LogP contribution in [0.15, 0.2) is 30.9 Å². The minimum absolute atomic E-state index is 0.0837. The van der Waals surface area contributed by atoms with E-state index in [1.807, 2.05) is 4.90 Å². The highest BCUT2D eigenvalue weighted by Crippen LogP contribution is 2.35. The molecule has 7 nitrogen and oxygen atoms in total. The van der Waals surface area contributed by atoms with Crippen molar-refractivity contribution in [3.63, 3.8) is 0 Å². The van der Waals surface area contributed by atoms with Crippen molar-refractivity contribution in [1.29, 1.82) is 0 Å². The SMILES string of the molecule is O=C1CC(C2CCN(C(=O)CCCn3cncn3)CC2)Oc2ccc(Cl)cc21. The number of hydrogen-bond acceptors (Lipinski definition) is 5. The van der Waals surface area contributed by atoms with Gasteiger partial charge in [0.25, 0.3) is 0 Å². The molecule has 0 aliphatic carbocycles. The third kappa shape index (κ3) is 4.19. The van der Waals surface area contributed by atoms with E-state index in [4.69, 9.17) is 16.3 Å². The third-order valence-electron chi connectivity index (χ3n) is 5.57. The summed E-state index contributed by atoms with van der Waals surface area (Å²) in [6.45, 7) is 2.13. The van der Waals surface area contributed by atoms with E-state index in [1.165, 1.54) is 6.33 Å². The average molecular weight is 403 g/mol. The number of benzene rings is 1. The number of carbonyl (C=O) groups excluding carboxylic acids is 2. The van der Waals surface area contributed by atoms with Crippen LogP contribution in [0.1, 0.15) is 42.5 Å². The summed E-state index contributed by atoms with van der Waals surface area (Å²) < 4.78 is 7.84. The van der Waals surface area contributed by atoms with Crippen LogP contribution in [0.5, 0.6) is 5.75 Å². The first kappa shape index (κ1) is 18.9. The molecule has 28 heavy (non-hydrogen) atoms. The lowest BCUT2D eigenvalue weighted by Gasteiger charge is -2.37. The molecular weight excluding hydrogens is 380 g/mol. The van der Waals surface area contributed by atoms with Crippen molar-refractivity contribution in [1.82, 2.24) is 19.7 Å². The second-order valence-electron chi connectivity index (χ2n) is 7.40. The van der Waals surface area contributed by atoms with Gasteiger partial charge in [0, 0.05) is 37.5 Å². The van der Waals surface area contributed by atoms with Crippen LogP contribution in [0.4, 0.5) is 0 Å². The van der Waals surface area contributed by atoms with Gasteiger partial charge in [0.05, 0.1) is 5.56 Å². The number of ketones is 1. The van der Waals surface area contributed by atoms with E-state index in [0.29, 0.717) is 48.8 Å². The van der Waals surface area contributed by atoms with Gasteiger partial charge in [-0.2, -0.15) is 5.10 Å². The van der Waals surface area contributed by atoms with Gasteiger partial charge in [0.1, 0.15) is 24.5 Å². The molecule has 0 N–H and O–H groups in total. The van der Waals surface area contributed by atoms with E-state index in [-0.39, 0.29) is 23.7 Å². The lowest BCUT2D eigenvalue weighted by atomic mass is 9.86. The maximum Gasteiger partial charge on any atom is 0.222 e. The number of carbonyl (C=O) groups is 2. The van der Waals surface area contributed by atoms with Gasteiger partial charge in [-0.05, 0) is 43.4 Å². The average Bonchev–Trinajstić information content (AvgIpc) is 3.22. The molecule has 3 heterocycles. The highest BCUT2D eigenvalue weighted by atomic mass is 35.5. The highest BCUT2D eigenvalue weighted by Gasteiger charge is 2.35. The smallest absolute Gasteiger partial charge is 0.222 e. The van der Waals surface area contributed by atoms with E-state index in [9.17, 15) is 9.59 Å². The number of piperidine rings is 1. The van der Waals surface area contributed by atoms with Gasteiger partial charge in [-0.15, -0.1) is 0 Å². The molecule has 8 heteroatoms. The van der Waals surface area contributed by atoms with Crippen molar-refractivity contribution in [2.75, 3.05) is 13.1 Å². The fraction of sp³-hybridized carbons (Fsp3) is 0.500. The Bertz CT molecular complexity index is 847. The summed E-state index contributed by atoms with van der Waals surface area (Å²) in [5.41, 5.74) is 0.573. The van der Waals surface area contributed by atoms with Crippen LogP contribution in [-0.4, -0.2) is 50.5 Å². The molecule has 2 aliphatic rings. The number of aromatic nitrogens is 3. The summed E-state index contributed by atoms with van der Waals surface area (Å²) >= 11 is 5.98. The van der Waals surface area contributed by atoms with E-state index >= 15 is 0 Å². The largest absolute Gasteiger partial charge is 0.489 e. The zero-order chi connectivity index (χ0) is 19.5. The van der Waals surface area contributed by atoms with Gasteiger partial charge in [-0.25, -0.2) is 4.98 Å². The van der Waals surface area contributed by atoms with Crippen molar-refractivity contribution in [3.05, 3.63) is 41.4 Å². The molecule has 1 aromatic heterocycles. The predicted molar refractivity (Wildman–Crippen MR) is 103 cm³/mol. The second kappa shape index (κ2) is 8.31. The van der Waals surface area contributed by atoms with Gasteiger partial charge in [-0.3, -0.25) is 14.3 Å². The van der Waals surface area contributed by atoms with Crippen LogP contribution >= 0.6 is 11.6 Å². The van der Waals surface area contributed by atoms with Crippen LogP contribution < -0.4 is 4.74 Å². The zero-order valence-corrected chi connectivity index (χ0v) is 16.3. The monoisotopic (exact) mass is 402 g/mol. The summed E-state index contributed by atoms with van der Waals surface area (Å²) in [5, 5.41) is 4.59. The number of hydrogen-bond donors (Lipinski definition) is 0.